The van der Waals surface area contributed by atoms with Gasteiger partial charge in [0.2, 0.25) is 5.88 Å². The first-order valence-corrected chi connectivity index (χ1v) is 8.98. The van der Waals surface area contributed by atoms with Crippen LogP contribution in [0.3, 0.4) is 0 Å². The van der Waals surface area contributed by atoms with Crippen LogP contribution in [-0.4, -0.2) is 31.3 Å². The molecule has 7 heteroatoms. The monoisotopic (exact) mass is 371 g/mol. The van der Waals surface area contributed by atoms with Crippen molar-refractivity contribution >= 4 is 34.8 Å². The van der Waals surface area contributed by atoms with Crippen LogP contribution >= 0.6 is 23.4 Å². The van der Waals surface area contributed by atoms with Gasteiger partial charge in [-0.1, -0.05) is 59.8 Å². The van der Waals surface area contributed by atoms with E-state index in [1.165, 1.54) is 11.8 Å². The maximum Gasteiger partial charge on any atom is 0.266 e. The number of halogens is 1. The topological polar surface area (TPSA) is 56.7 Å². The maximum atomic E-state index is 12.8. The molecule has 1 aromatic carbocycles. The van der Waals surface area contributed by atoms with Gasteiger partial charge in [0.15, 0.2) is 5.50 Å². The minimum atomic E-state index is -0.310. The zero-order chi connectivity index (χ0) is 17.4. The molecule has 2 aliphatic heterocycles. The van der Waals surface area contributed by atoms with E-state index < -0.39 is 0 Å². The number of amides is 1. The molecule has 5 nitrogen and oxygen atoms in total. The Bertz CT molecular complexity index is 868. The summed E-state index contributed by atoms with van der Waals surface area (Å²) in [5.41, 5.74) is 1.57. The fourth-order valence-electron chi connectivity index (χ4n) is 2.88. The van der Waals surface area contributed by atoms with Gasteiger partial charge in [-0.25, -0.2) is 4.98 Å². The highest BCUT2D eigenvalue weighted by molar-refractivity contribution is 8.02. The number of aliphatic hydroxyl groups is 1. The van der Waals surface area contributed by atoms with Crippen molar-refractivity contribution in [2.45, 2.75) is 12.0 Å². The number of carbonyl (C=O) groups is 1. The fourth-order valence-corrected chi connectivity index (χ4v) is 3.95. The van der Waals surface area contributed by atoms with Crippen LogP contribution < -0.4 is 0 Å². The van der Waals surface area contributed by atoms with Gasteiger partial charge in [0.05, 0.1) is 6.54 Å². The van der Waals surface area contributed by atoms with E-state index in [-0.39, 0.29) is 17.3 Å². The van der Waals surface area contributed by atoms with Crippen LogP contribution in [0.5, 0.6) is 0 Å². The number of thioether (sulfide) groups is 1. The normalized spacial score (nSPS) is 19.6. The molecule has 0 aliphatic carbocycles. The largest absolute Gasteiger partial charge is 0.494 e. The number of rotatable bonds is 3. The predicted molar refractivity (Wildman–Crippen MR) is 98.1 cm³/mol. The molecule has 1 amide bonds. The summed E-state index contributed by atoms with van der Waals surface area (Å²) < 4.78 is 0. The van der Waals surface area contributed by atoms with Gasteiger partial charge in [-0.2, -0.15) is 0 Å². The fraction of sp³-hybridized carbons (Fsp3) is 0.111. The lowest BCUT2D eigenvalue weighted by Gasteiger charge is -2.39. The molecule has 1 unspecified atom stereocenters. The van der Waals surface area contributed by atoms with Crippen molar-refractivity contribution in [2.24, 2.45) is 0 Å². The minimum absolute atomic E-state index is 0.0244. The molecule has 4 rings (SSSR count). The van der Waals surface area contributed by atoms with E-state index in [1.807, 2.05) is 41.8 Å². The zero-order valence-electron chi connectivity index (χ0n) is 13.0. The van der Waals surface area contributed by atoms with E-state index in [9.17, 15) is 9.90 Å². The van der Waals surface area contributed by atoms with Crippen molar-refractivity contribution < 1.29 is 9.90 Å². The van der Waals surface area contributed by atoms with Gasteiger partial charge in [-0.05, 0) is 22.6 Å². The third kappa shape index (κ3) is 2.88. The van der Waals surface area contributed by atoms with E-state index in [0.29, 0.717) is 22.8 Å². The molecule has 2 aliphatic rings. The molecule has 2 aromatic rings. The molecule has 1 N–H and O–H groups in total. The molecule has 25 heavy (non-hydrogen) atoms. The highest BCUT2D eigenvalue weighted by atomic mass is 35.5. The van der Waals surface area contributed by atoms with E-state index in [1.54, 1.807) is 28.3 Å². The van der Waals surface area contributed by atoms with Gasteiger partial charge in [0.1, 0.15) is 10.7 Å². The predicted octanol–water partition coefficient (Wildman–Crippen LogP) is 3.81. The van der Waals surface area contributed by atoms with E-state index >= 15 is 0 Å². The van der Waals surface area contributed by atoms with Gasteiger partial charge in [0.25, 0.3) is 5.91 Å². The van der Waals surface area contributed by atoms with Gasteiger partial charge in [0, 0.05) is 12.4 Å². The summed E-state index contributed by atoms with van der Waals surface area (Å²) in [6.45, 7) is 0.412. The zero-order valence-corrected chi connectivity index (χ0v) is 14.6. The van der Waals surface area contributed by atoms with Gasteiger partial charge in [-0.15, -0.1) is 0 Å². The first-order valence-electron chi connectivity index (χ1n) is 7.65. The lowest BCUT2D eigenvalue weighted by Crippen LogP contribution is -2.49. The summed E-state index contributed by atoms with van der Waals surface area (Å²) in [6.07, 6.45) is 3.42. The molecule has 0 bridgehead atoms. The molecule has 3 heterocycles. The number of fused-ring (bicyclic) bond motifs is 1. The van der Waals surface area contributed by atoms with Gasteiger partial charge >= 0.3 is 0 Å². The highest BCUT2D eigenvalue weighted by Gasteiger charge is 2.41. The Morgan fingerprint density at radius 2 is 2.00 bits per heavy atom. The molecule has 0 saturated heterocycles. The summed E-state index contributed by atoms with van der Waals surface area (Å²) in [4.78, 5) is 20.4. The summed E-state index contributed by atoms with van der Waals surface area (Å²) in [7, 11) is 0. The number of hydrogen-bond donors (Lipinski definition) is 1. The summed E-state index contributed by atoms with van der Waals surface area (Å²) in [6, 6.07) is 12.8. The van der Waals surface area contributed by atoms with E-state index in [0.717, 1.165) is 5.56 Å². The second-order valence-corrected chi connectivity index (χ2v) is 6.99. The van der Waals surface area contributed by atoms with Crippen LogP contribution in [0.1, 0.15) is 11.1 Å². The average Bonchev–Trinajstić information content (AvgIpc) is 3.11. The van der Waals surface area contributed by atoms with Crippen molar-refractivity contribution in [3.63, 3.8) is 0 Å². The molecule has 0 spiro atoms. The SMILES string of the molecule is O=C1C(c2ccccc2)=C(O)N(Cc2ccc(Cl)nc2)C2SC=CN12. The number of pyridine rings is 1. The van der Waals surface area contributed by atoms with Gasteiger partial charge in [-0.3, -0.25) is 9.69 Å². The van der Waals surface area contributed by atoms with E-state index in [2.05, 4.69) is 4.98 Å². The summed E-state index contributed by atoms with van der Waals surface area (Å²) in [5, 5.41) is 13.2. The molecular weight excluding hydrogens is 358 g/mol. The first-order chi connectivity index (χ1) is 12.1. The number of aliphatic hydroxyl groups excluding tert-OH is 1. The lowest BCUT2D eigenvalue weighted by molar-refractivity contribution is -0.127. The molecular formula is C18H14ClN3O2S. The number of hydrogen-bond acceptors (Lipinski definition) is 5. The molecule has 0 saturated carbocycles. The van der Waals surface area contributed by atoms with Crippen LogP contribution in [0.2, 0.25) is 5.15 Å². The van der Waals surface area contributed by atoms with Crippen LogP contribution in [0, 0.1) is 0 Å². The maximum absolute atomic E-state index is 12.8. The molecule has 0 fully saturated rings. The number of benzene rings is 1. The standard InChI is InChI=1S/C18H14ClN3O2S/c19-14-7-6-12(10-20-14)11-22-17(24)15(13-4-2-1-3-5-13)16(23)21-8-9-25-18(21)22/h1-10,18,24H,11H2. The number of nitrogens with zero attached hydrogens (tertiary/aromatic N) is 3. The van der Waals surface area contributed by atoms with Crippen molar-refractivity contribution in [2.75, 3.05) is 0 Å². The van der Waals surface area contributed by atoms with Crippen LogP contribution in [0.25, 0.3) is 5.57 Å². The Kier molecular flexibility index (Phi) is 4.15. The van der Waals surface area contributed by atoms with Crippen molar-refractivity contribution in [3.8, 4) is 0 Å². The molecule has 126 valence electrons. The smallest absolute Gasteiger partial charge is 0.266 e. The summed E-state index contributed by atoms with van der Waals surface area (Å²) in [5.74, 6) is -0.232. The lowest BCUT2D eigenvalue weighted by atomic mass is 10.0. The molecule has 0 radical (unpaired) electrons. The minimum Gasteiger partial charge on any atom is -0.494 e. The Morgan fingerprint density at radius 3 is 2.72 bits per heavy atom. The van der Waals surface area contributed by atoms with Gasteiger partial charge < -0.3 is 10.0 Å². The second kappa shape index (κ2) is 6.46. The molecule has 1 aromatic heterocycles. The van der Waals surface area contributed by atoms with Crippen molar-refractivity contribution in [3.05, 3.63) is 82.4 Å². The molecule has 1 atom stereocenters. The Balaban J connectivity index is 1.76. The van der Waals surface area contributed by atoms with Crippen LogP contribution in [0.4, 0.5) is 0 Å². The third-order valence-electron chi connectivity index (χ3n) is 4.07. The Labute approximate surface area is 154 Å². The average molecular weight is 372 g/mol. The Hall–Kier alpha value is -2.44. The third-order valence-corrected chi connectivity index (χ3v) is 5.30. The number of aromatic nitrogens is 1. The quantitative estimate of drug-likeness (QED) is 0.831. The van der Waals surface area contributed by atoms with Crippen LogP contribution in [0.15, 0.2) is 66.2 Å². The number of carbonyl (C=O) groups excluding carboxylic acids is 1. The van der Waals surface area contributed by atoms with Crippen molar-refractivity contribution in [1.29, 1.82) is 0 Å². The van der Waals surface area contributed by atoms with Crippen molar-refractivity contribution in [1.82, 2.24) is 14.8 Å². The summed E-state index contributed by atoms with van der Waals surface area (Å²) >= 11 is 7.32. The first kappa shape index (κ1) is 16.1. The Morgan fingerprint density at radius 1 is 1.20 bits per heavy atom. The van der Waals surface area contributed by atoms with E-state index in [4.69, 9.17) is 11.6 Å². The second-order valence-electron chi connectivity index (χ2n) is 5.64. The van der Waals surface area contributed by atoms with Crippen LogP contribution in [-0.2, 0) is 11.3 Å². The highest BCUT2D eigenvalue weighted by Crippen LogP contribution is 2.39.